The second kappa shape index (κ2) is 7.22. The Bertz CT molecular complexity index is 812. The summed E-state index contributed by atoms with van der Waals surface area (Å²) >= 11 is 6.91. The van der Waals surface area contributed by atoms with E-state index in [-0.39, 0.29) is 22.9 Å². The number of aromatic nitrogens is 2. The predicted molar refractivity (Wildman–Crippen MR) is 90.3 cm³/mol. The summed E-state index contributed by atoms with van der Waals surface area (Å²) < 4.78 is 38.2. The Hall–Kier alpha value is -1.42. The molecule has 0 aromatic carbocycles. The van der Waals surface area contributed by atoms with E-state index in [0.29, 0.717) is 23.2 Å². The molecule has 0 bridgehead atoms. The number of ether oxygens (including phenoxy) is 2. The molecule has 1 aliphatic heterocycles. The van der Waals surface area contributed by atoms with Gasteiger partial charge in [-0.25, -0.2) is 13.4 Å². The average molecular weight is 390 g/mol. The molecule has 2 aromatic rings. The number of thiophene rings is 1. The van der Waals surface area contributed by atoms with Crippen LogP contribution in [0.2, 0.25) is 4.34 Å². The van der Waals surface area contributed by atoms with Crippen LogP contribution in [-0.4, -0.2) is 49.0 Å². The topological polar surface area (TPSA) is 81.6 Å². The van der Waals surface area contributed by atoms with Gasteiger partial charge in [-0.05, 0) is 25.0 Å². The summed E-state index contributed by atoms with van der Waals surface area (Å²) in [6.07, 6.45) is 2.73. The van der Waals surface area contributed by atoms with Crippen LogP contribution in [0.1, 0.15) is 12.8 Å². The Morgan fingerprint density at radius 1 is 1.38 bits per heavy atom. The van der Waals surface area contributed by atoms with Crippen molar-refractivity contribution >= 4 is 33.0 Å². The summed E-state index contributed by atoms with van der Waals surface area (Å²) in [4.78, 5) is 8.01. The lowest BCUT2D eigenvalue weighted by Gasteiger charge is -2.31. The van der Waals surface area contributed by atoms with Gasteiger partial charge in [0.25, 0.3) is 10.0 Å². The van der Waals surface area contributed by atoms with Crippen LogP contribution in [0.5, 0.6) is 11.9 Å². The van der Waals surface area contributed by atoms with Crippen molar-refractivity contribution in [2.45, 2.75) is 23.2 Å². The number of piperidine rings is 1. The molecule has 1 fully saturated rings. The molecule has 2 aromatic heterocycles. The first-order valence-electron chi connectivity index (χ1n) is 7.28. The van der Waals surface area contributed by atoms with Crippen LogP contribution in [0.15, 0.2) is 28.6 Å². The molecular weight excluding hydrogens is 374 g/mol. The van der Waals surface area contributed by atoms with Crippen molar-refractivity contribution in [1.82, 2.24) is 14.3 Å². The van der Waals surface area contributed by atoms with Crippen LogP contribution in [0.25, 0.3) is 0 Å². The van der Waals surface area contributed by atoms with E-state index in [1.807, 2.05) is 0 Å². The van der Waals surface area contributed by atoms with Gasteiger partial charge in [0.1, 0.15) is 10.3 Å². The largest absolute Gasteiger partial charge is 0.473 e. The minimum atomic E-state index is -3.55. The third-order valence-corrected chi connectivity index (χ3v) is 7.13. The van der Waals surface area contributed by atoms with Gasteiger partial charge in [0.05, 0.1) is 18.0 Å². The number of hydrogen-bond acceptors (Lipinski definition) is 7. The lowest BCUT2D eigenvalue weighted by molar-refractivity contribution is 0.123. The fraction of sp³-hybridized carbons (Fsp3) is 0.429. The van der Waals surface area contributed by atoms with E-state index in [0.717, 1.165) is 17.8 Å². The quantitative estimate of drug-likeness (QED) is 0.781. The van der Waals surface area contributed by atoms with Crippen LogP contribution in [-0.2, 0) is 10.0 Å². The molecule has 0 aliphatic carbocycles. The smallest absolute Gasteiger partial charge is 0.319 e. The summed E-state index contributed by atoms with van der Waals surface area (Å²) in [5, 5.41) is 0. The van der Waals surface area contributed by atoms with Crippen molar-refractivity contribution in [1.29, 1.82) is 0 Å². The molecule has 130 valence electrons. The van der Waals surface area contributed by atoms with Gasteiger partial charge in [-0.1, -0.05) is 11.6 Å². The van der Waals surface area contributed by atoms with Crippen LogP contribution in [0.3, 0.4) is 0 Å². The monoisotopic (exact) mass is 389 g/mol. The van der Waals surface area contributed by atoms with E-state index in [9.17, 15) is 8.42 Å². The van der Waals surface area contributed by atoms with Gasteiger partial charge in [0.15, 0.2) is 0 Å². The van der Waals surface area contributed by atoms with Crippen LogP contribution < -0.4 is 9.47 Å². The number of rotatable bonds is 5. The summed E-state index contributed by atoms with van der Waals surface area (Å²) in [5.74, 6) is 0.366. The van der Waals surface area contributed by atoms with Crippen molar-refractivity contribution in [3.05, 3.63) is 28.7 Å². The van der Waals surface area contributed by atoms with E-state index in [4.69, 9.17) is 21.1 Å². The minimum Gasteiger partial charge on any atom is -0.473 e. The van der Waals surface area contributed by atoms with Gasteiger partial charge in [-0.2, -0.15) is 9.29 Å². The third-order valence-electron chi connectivity index (χ3n) is 3.56. The molecule has 0 N–H and O–H groups in total. The third kappa shape index (κ3) is 3.80. The standard InChI is InChI=1S/C14H16ClN3O4S2/c1-21-14-16-7-6-12(17-14)22-10-3-2-8-18(9-10)24(19,20)13-5-4-11(15)23-13/h4-7,10H,2-3,8-9H2,1H3. The highest BCUT2D eigenvalue weighted by atomic mass is 35.5. The first-order chi connectivity index (χ1) is 11.5. The number of nitrogens with zero attached hydrogens (tertiary/aromatic N) is 3. The SMILES string of the molecule is COc1nccc(OC2CCCN(S(=O)(=O)c3ccc(Cl)s3)C2)n1. The summed E-state index contributed by atoms with van der Waals surface area (Å²) in [7, 11) is -2.08. The molecule has 0 saturated carbocycles. The first kappa shape index (κ1) is 17.4. The first-order valence-corrected chi connectivity index (χ1v) is 9.91. The molecule has 0 spiro atoms. The molecule has 0 radical (unpaired) electrons. The van der Waals surface area contributed by atoms with Crippen molar-refractivity contribution in [2.75, 3.05) is 20.2 Å². The molecule has 1 unspecified atom stereocenters. The summed E-state index contributed by atoms with van der Waals surface area (Å²) in [5.41, 5.74) is 0. The normalized spacial score (nSPS) is 19.2. The molecule has 24 heavy (non-hydrogen) atoms. The Morgan fingerprint density at radius 2 is 2.21 bits per heavy atom. The molecule has 1 aliphatic rings. The van der Waals surface area contributed by atoms with E-state index >= 15 is 0 Å². The van der Waals surface area contributed by atoms with Gasteiger partial charge in [0.2, 0.25) is 5.88 Å². The molecule has 10 heteroatoms. The Morgan fingerprint density at radius 3 is 2.92 bits per heavy atom. The maximum Gasteiger partial charge on any atom is 0.319 e. The zero-order chi connectivity index (χ0) is 17.2. The second-order valence-electron chi connectivity index (χ2n) is 5.19. The fourth-order valence-electron chi connectivity index (χ4n) is 2.44. The van der Waals surface area contributed by atoms with Gasteiger partial charge < -0.3 is 9.47 Å². The summed E-state index contributed by atoms with van der Waals surface area (Å²) in [6, 6.07) is 4.95. The lowest BCUT2D eigenvalue weighted by atomic mass is 10.1. The zero-order valence-electron chi connectivity index (χ0n) is 12.9. The van der Waals surface area contributed by atoms with E-state index in [1.54, 1.807) is 12.1 Å². The van der Waals surface area contributed by atoms with Crippen molar-refractivity contribution < 1.29 is 17.9 Å². The molecule has 1 saturated heterocycles. The zero-order valence-corrected chi connectivity index (χ0v) is 15.3. The Balaban J connectivity index is 1.72. The molecule has 3 heterocycles. The maximum absolute atomic E-state index is 12.7. The molecule has 7 nitrogen and oxygen atoms in total. The van der Waals surface area contributed by atoms with Crippen molar-refractivity contribution in [3.63, 3.8) is 0 Å². The highest BCUT2D eigenvalue weighted by molar-refractivity contribution is 7.91. The second-order valence-corrected chi connectivity index (χ2v) is 9.07. The summed E-state index contributed by atoms with van der Waals surface area (Å²) in [6.45, 7) is 0.731. The van der Waals surface area contributed by atoms with Crippen molar-refractivity contribution in [2.24, 2.45) is 0 Å². The predicted octanol–water partition coefficient (Wildman–Crippen LogP) is 2.43. The maximum atomic E-state index is 12.7. The highest BCUT2D eigenvalue weighted by Gasteiger charge is 2.32. The van der Waals surface area contributed by atoms with Gasteiger partial charge in [-0.3, -0.25) is 0 Å². The fourth-order valence-corrected chi connectivity index (χ4v) is 5.59. The van der Waals surface area contributed by atoms with E-state index in [2.05, 4.69) is 9.97 Å². The highest BCUT2D eigenvalue weighted by Crippen LogP contribution is 2.30. The lowest BCUT2D eigenvalue weighted by Crippen LogP contribution is -2.44. The van der Waals surface area contributed by atoms with Crippen molar-refractivity contribution in [3.8, 4) is 11.9 Å². The van der Waals surface area contributed by atoms with E-state index in [1.165, 1.54) is 23.7 Å². The van der Waals surface area contributed by atoms with Crippen LogP contribution in [0, 0.1) is 0 Å². The molecule has 1 atom stereocenters. The van der Waals surface area contributed by atoms with Gasteiger partial charge >= 0.3 is 6.01 Å². The number of sulfonamides is 1. The Kier molecular flexibility index (Phi) is 5.24. The van der Waals surface area contributed by atoms with Gasteiger partial charge in [-0.15, -0.1) is 11.3 Å². The van der Waals surface area contributed by atoms with Gasteiger partial charge in [0, 0.05) is 18.8 Å². The average Bonchev–Trinajstić information content (AvgIpc) is 3.02. The number of halogens is 1. The molecule has 3 rings (SSSR count). The molecular formula is C14H16ClN3O4S2. The minimum absolute atomic E-state index is 0.209. The Labute approximate surface area is 149 Å². The number of hydrogen-bond donors (Lipinski definition) is 0. The van der Waals surface area contributed by atoms with Crippen LogP contribution in [0.4, 0.5) is 0 Å². The number of methoxy groups -OCH3 is 1. The van der Waals surface area contributed by atoms with Crippen LogP contribution >= 0.6 is 22.9 Å². The van der Waals surface area contributed by atoms with E-state index < -0.39 is 10.0 Å². The molecule has 0 amide bonds.